The first-order chi connectivity index (χ1) is 9.33. The third-order valence-corrected chi connectivity index (χ3v) is 3.58. The Morgan fingerprint density at radius 2 is 2.00 bits per heavy atom. The SMILES string of the molecule is O=C(CCC1CCCO1)c1ccc2c(c1)OCCO2. The molecule has 2 aliphatic heterocycles. The predicted molar refractivity (Wildman–Crippen MR) is 70.0 cm³/mol. The monoisotopic (exact) mass is 262 g/mol. The minimum Gasteiger partial charge on any atom is -0.486 e. The Morgan fingerprint density at radius 3 is 2.79 bits per heavy atom. The van der Waals surface area contributed by atoms with Gasteiger partial charge in [-0.05, 0) is 37.5 Å². The highest BCUT2D eigenvalue weighted by Crippen LogP contribution is 2.31. The molecule has 1 unspecified atom stereocenters. The average molecular weight is 262 g/mol. The molecule has 0 aromatic heterocycles. The molecule has 102 valence electrons. The fourth-order valence-corrected chi connectivity index (χ4v) is 2.53. The summed E-state index contributed by atoms with van der Waals surface area (Å²) in [5.41, 5.74) is 0.697. The minimum atomic E-state index is 0.146. The summed E-state index contributed by atoms with van der Waals surface area (Å²) >= 11 is 0. The van der Waals surface area contributed by atoms with Gasteiger partial charge in [0.25, 0.3) is 0 Å². The molecule has 1 atom stereocenters. The molecule has 1 aromatic carbocycles. The number of fused-ring (bicyclic) bond motifs is 1. The Kier molecular flexibility index (Phi) is 3.69. The summed E-state index contributed by atoms with van der Waals surface area (Å²) in [7, 11) is 0. The number of hydrogen-bond donors (Lipinski definition) is 0. The van der Waals surface area contributed by atoms with Gasteiger partial charge in [-0.3, -0.25) is 4.79 Å². The van der Waals surface area contributed by atoms with Crippen molar-refractivity contribution in [2.24, 2.45) is 0 Å². The van der Waals surface area contributed by atoms with Crippen LogP contribution in [0.4, 0.5) is 0 Å². The number of ketones is 1. The first-order valence-electron chi connectivity index (χ1n) is 6.87. The summed E-state index contributed by atoms with van der Waals surface area (Å²) in [5, 5.41) is 0. The lowest BCUT2D eigenvalue weighted by Gasteiger charge is -2.18. The van der Waals surface area contributed by atoms with Crippen LogP contribution in [-0.4, -0.2) is 31.7 Å². The normalized spacial score (nSPS) is 21.4. The first-order valence-corrected chi connectivity index (χ1v) is 6.87. The molecule has 0 saturated carbocycles. The molecule has 19 heavy (non-hydrogen) atoms. The number of hydrogen-bond acceptors (Lipinski definition) is 4. The third-order valence-electron chi connectivity index (χ3n) is 3.58. The van der Waals surface area contributed by atoms with Gasteiger partial charge in [0, 0.05) is 18.6 Å². The Morgan fingerprint density at radius 1 is 1.16 bits per heavy atom. The van der Waals surface area contributed by atoms with Crippen LogP contribution in [0.5, 0.6) is 11.5 Å². The molecule has 0 radical (unpaired) electrons. The molecule has 1 aromatic rings. The van der Waals surface area contributed by atoms with Crippen LogP contribution in [0, 0.1) is 0 Å². The van der Waals surface area contributed by atoms with E-state index in [1.165, 1.54) is 0 Å². The number of rotatable bonds is 4. The van der Waals surface area contributed by atoms with Crippen molar-refractivity contribution in [3.05, 3.63) is 23.8 Å². The summed E-state index contributed by atoms with van der Waals surface area (Å²) in [6.07, 6.45) is 3.80. The van der Waals surface area contributed by atoms with Crippen molar-refractivity contribution in [3.8, 4) is 11.5 Å². The van der Waals surface area contributed by atoms with Gasteiger partial charge in [0.15, 0.2) is 17.3 Å². The van der Waals surface area contributed by atoms with Crippen molar-refractivity contribution in [1.29, 1.82) is 0 Å². The number of carbonyl (C=O) groups is 1. The van der Waals surface area contributed by atoms with Crippen LogP contribution < -0.4 is 9.47 Å². The van der Waals surface area contributed by atoms with E-state index in [1.54, 1.807) is 6.07 Å². The predicted octanol–water partition coefficient (Wildman–Crippen LogP) is 2.60. The van der Waals surface area contributed by atoms with Gasteiger partial charge >= 0.3 is 0 Å². The lowest BCUT2D eigenvalue weighted by atomic mass is 10.0. The van der Waals surface area contributed by atoms with Gasteiger partial charge in [-0.15, -0.1) is 0 Å². The van der Waals surface area contributed by atoms with Crippen LogP contribution in [0.15, 0.2) is 18.2 Å². The fourth-order valence-electron chi connectivity index (χ4n) is 2.53. The largest absolute Gasteiger partial charge is 0.486 e. The Balaban J connectivity index is 1.62. The van der Waals surface area contributed by atoms with Crippen molar-refractivity contribution >= 4 is 5.78 Å². The molecular formula is C15H18O4. The smallest absolute Gasteiger partial charge is 0.163 e. The Labute approximate surface area is 112 Å². The van der Waals surface area contributed by atoms with E-state index in [4.69, 9.17) is 14.2 Å². The molecule has 0 N–H and O–H groups in total. The molecule has 2 heterocycles. The molecule has 4 heteroatoms. The van der Waals surface area contributed by atoms with Crippen molar-refractivity contribution in [2.45, 2.75) is 31.8 Å². The number of benzene rings is 1. The lowest BCUT2D eigenvalue weighted by Crippen LogP contribution is -2.16. The zero-order chi connectivity index (χ0) is 13.1. The molecule has 0 amide bonds. The highest BCUT2D eigenvalue weighted by atomic mass is 16.6. The molecule has 2 aliphatic rings. The molecule has 0 spiro atoms. The molecule has 0 bridgehead atoms. The number of ether oxygens (including phenoxy) is 3. The van der Waals surface area contributed by atoms with Gasteiger partial charge < -0.3 is 14.2 Å². The summed E-state index contributed by atoms with van der Waals surface area (Å²) in [4.78, 5) is 12.1. The summed E-state index contributed by atoms with van der Waals surface area (Å²) in [6.45, 7) is 1.95. The zero-order valence-electron chi connectivity index (χ0n) is 10.9. The van der Waals surface area contributed by atoms with E-state index in [-0.39, 0.29) is 11.9 Å². The Bertz CT molecular complexity index is 463. The summed E-state index contributed by atoms with van der Waals surface area (Å²) < 4.78 is 16.5. The van der Waals surface area contributed by atoms with Crippen molar-refractivity contribution in [1.82, 2.24) is 0 Å². The molecule has 4 nitrogen and oxygen atoms in total. The minimum absolute atomic E-state index is 0.146. The molecule has 1 saturated heterocycles. The first kappa shape index (κ1) is 12.5. The topological polar surface area (TPSA) is 44.8 Å². The van der Waals surface area contributed by atoms with E-state index < -0.39 is 0 Å². The van der Waals surface area contributed by atoms with Gasteiger partial charge in [0.1, 0.15) is 13.2 Å². The second-order valence-corrected chi connectivity index (χ2v) is 4.96. The van der Waals surface area contributed by atoms with Crippen molar-refractivity contribution in [3.63, 3.8) is 0 Å². The highest BCUT2D eigenvalue weighted by Gasteiger charge is 2.19. The average Bonchev–Trinajstić information content (AvgIpc) is 2.97. The third kappa shape index (κ3) is 2.89. The lowest BCUT2D eigenvalue weighted by molar-refractivity contribution is 0.0858. The standard InChI is InChI=1S/C15H18O4/c16-13(5-4-12-2-1-7-17-12)11-3-6-14-15(10-11)19-9-8-18-14/h3,6,10,12H,1-2,4-5,7-9H2. The zero-order valence-corrected chi connectivity index (χ0v) is 10.9. The summed E-state index contributed by atoms with van der Waals surface area (Å²) in [5.74, 6) is 1.55. The van der Waals surface area contributed by atoms with Gasteiger partial charge in [0.05, 0.1) is 6.10 Å². The van der Waals surface area contributed by atoms with Crippen LogP contribution >= 0.6 is 0 Å². The van der Waals surface area contributed by atoms with E-state index >= 15 is 0 Å². The molecule has 0 aliphatic carbocycles. The Hall–Kier alpha value is -1.55. The van der Waals surface area contributed by atoms with Gasteiger partial charge in [-0.25, -0.2) is 0 Å². The van der Waals surface area contributed by atoms with E-state index in [0.717, 1.165) is 31.6 Å². The fraction of sp³-hybridized carbons (Fsp3) is 0.533. The van der Waals surface area contributed by atoms with Crippen LogP contribution in [0.3, 0.4) is 0 Å². The maximum atomic E-state index is 12.1. The van der Waals surface area contributed by atoms with Crippen molar-refractivity contribution in [2.75, 3.05) is 19.8 Å². The maximum Gasteiger partial charge on any atom is 0.163 e. The summed E-state index contributed by atoms with van der Waals surface area (Å²) in [6, 6.07) is 5.41. The highest BCUT2D eigenvalue weighted by molar-refractivity contribution is 5.96. The van der Waals surface area contributed by atoms with E-state index in [0.29, 0.717) is 30.9 Å². The van der Waals surface area contributed by atoms with E-state index in [1.807, 2.05) is 12.1 Å². The van der Waals surface area contributed by atoms with Gasteiger partial charge in [-0.1, -0.05) is 0 Å². The molecule has 1 fully saturated rings. The molecular weight excluding hydrogens is 244 g/mol. The quantitative estimate of drug-likeness (QED) is 0.782. The second-order valence-electron chi connectivity index (χ2n) is 4.96. The van der Waals surface area contributed by atoms with Crippen LogP contribution in [0.2, 0.25) is 0 Å². The van der Waals surface area contributed by atoms with E-state index in [9.17, 15) is 4.79 Å². The van der Waals surface area contributed by atoms with Crippen LogP contribution in [-0.2, 0) is 4.74 Å². The van der Waals surface area contributed by atoms with Crippen LogP contribution in [0.25, 0.3) is 0 Å². The number of Topliss-reactive ketones (excluding diaryl/α,β-unsaturated/α-hetero) is 1. The van der Waals surface area contributed by atoms with E-state index in [2.05, 4.69) is 0 Å². The van der Waals surface area contributed by atoms with Crippen molar-refractivity contribution < 1.29 is 19.0 Å². The van der Waals surface area contributed by atoms with Gasteiger partial charge in [-0.2, -0.15) is 0 Å². The maximum absolute atomic E-state index is 12.1. The van der Waals surface area contributed by atoms with Crippen LogP contribution in [0.1, 0.15) is 36.0 Å². The van der Waals surface area contributed by atoms with Gasteiger partial charge in [0.2, 0.25) is 0 Å². The number of carbonyl (C=O) groups excluding carboxylic acids is 1. The molecule has 3 rings (SSSR count). The second kappa shape index (κ2) is 5.61.